The first-order chi connectivity index (χ1) is 27.5. The number of ether oxygens (including phenoxy) is 2. The molecule has 4 heterocycles. The predicted octanol–water partition coefficient (Wildman–Crippen LogP) is 7.33. The van der Waals surface area contributed by atoms with Gasteiger partial charge in [0.1, 0.15) is 33.5 Å². The molecule has 0 saturated carbocycles. The quantitative estimate of drug-likeness (QED) is 0.127. The number of nitrogens with zero attached hydrogens (tertiary/aromatic N) is 5. The van der Waals surface area contributed by atoms with Gasteiger partial charge < -0.3 is 9.47 Å². The highest BCUT2D eigenvalue weighted by molar-refractivity contribution is 7.93. The van der Waals surface area contributed by atoms with Crippen molar-refractivity contribution in [2.75, 3.05) is 36.8 Å². The summed E-state index contributed by atoms with van der Waals surface area (Å²) in [4.78, 5) is 7.88. The van der Waals surface area contributed by atoms with Gasteiger partial charge >= 0.3 is 0 Å². The molecule has 0 unspecified atom stereocenters. The molecule has 0 amide bonds. The third kappa shape index (κ3) is 9.77. The highest BCUT2D eigenvalue weighted by Gasteiger charge is 2.31. The van der Waals surface area contributed by atoms with E-state index in [0.29, 0.717) is 48.2 Å². The van der Waals surface area contributed by atoms with Gasteiger partial charge in [0.25, 0.3) is 20.0 Å². The molecule has 6 aromatic rings. The lowest BCUT2D eigenvalue weighted by Crippen LogP contribution is -2.29. The second-order valence-corrected chi connectivity index (χ2v) is 18.4. The van der Waals surface area contributed by atoms with E-state index in [1.165, 1.54) is 24.0 Å². The monoisotopic (exact) mass is 849 g/mol. The van der Waals surface area contributed by atoms with E-state index < -0.39 is 30.8 Å². The third-order valence-electron chi connectivity index (χ3n) is 9.53. The Bertz CT molecular complexity index is 2480. The van der Waals surface area contributed by atoms with E-state index in [9.17, 15) is 21.2 Å². The van der Waals surface area contributed by atoms with Crippen LogP contribution in [-0.4, -0.2) is 67.7 Å². The maximum absolute atomic E-state index is 14.8. The summed E-state index contributed by atoms with van der Waals surface area (Å²) in [5, 5.41) is 0.558. The highest BCUT2D eigenvalue weighted by Crippen LogP contribution is 2.40. The van der Waals surface area contributed by atoms with Crippen molar-refractivity contribution in [1.29, 1.82) is 0 Å². The predicted molar refractivity (Wildman–Crippen MR) is 218 cm³/mol. The summed E-state index contributed by atoms with van der Waals surface area (Å²) >= 11 is 1.97. The molecule has 0 fully saturated rings. The minimum atomic E-state index is -4.14. The number of aromatic nitrogens is 3. The standard InChI is InChI=1S/C20H21N3O3S2.C19H19FN4O3S2/c1-23(14-15-5-3-2-4-6-15)18-10-12-26-19-13-16(7-8-17(18)19)28(24,25)22-20-9-11-21-27-20;1-24(11-13-5-3-2-4-6-13)16-7-8-27-17-10-18(15(20)9-14(16)17)29(25,26)23-19-21-12-22-28-19/h2-9,11,13,18,22H,10,12,14H2,1H3;2-6,9-10,12,16H,7-8,11H2,1H3,(H,21,22,23)/t18-;16-/m00/s1. The van der Waals surface area contributed by atoms with Crippen molar-refractivity contribution >= 4 is 53.2 Å². The van der Waals surface area contributed by atoms with Gasteiger partial charge in [-0.1, -0.05) is 66.7 Å². The van der Waals surface area contributed by atoms with E-state index in [1.54, 1.807) is 24.4 Å². The molecular weight excluding hydrogens is 810 g/mol. The fourth-order valence-electron chi connectivity index (χ4n) is 6.82. The summed E-state index contributed by atoms with van der Waals surface area (Å²) in [6.07, 6.45) is 4.33. The zero-order valence-corrected chi connectivity index (χ0v) is 34.3. The van der Waals surface area contributed by atoms with E-state index in [4.69, 9.17) is 9.47 Å². The van der Waals surface area contributed by atoms with Crippen LogP contribution in [0.3, 0.4) is 0 Å². The normalized spacial score (nSPS) is 16.4. The van der Waals surface area contributed by atoms with Gasteiger partial charge in [0.05, 0.1) is 18.1 Å². The molecule has 0 spiro atoms. The van der Waals surface area contributed by atoms with E-state index in [2.05, 4.69) is 52.2 Å². The minimum absolute atomic E-state index is 0.0727. The van der Waals surface area contributed by atoms with Gasteiger partial charge in [0.2, 0.25) is 5.13 Å². The summed E-state index contributed by atoms with van der Waals surface area (Å²) in [5.41, 5.74) is 4.04. The third-order valence-corrected chi connectivity index (χ3v) is 13.8. The van der Waals surface area contributed by atoms with Crippen LogP contribution in [0.2, 0.25) is 0 Å². The SMILES string of the molecule is CN(Cc1ccccc1)[C@H]1CCOc2cc(S(=O)(=O)Nc3ccns3)ccc21.CN(Cc1ccccc1)[C@H]1CCOc2cc(S(=O)(=O)Nc3ncns3)c(F)cc21. The van der Waals surface area contributed by atoms with Crippen LogP contribution >= 0.6 is 23.1 Å². The topological polar surface area (TPSA) is 156 Å². The van der Waals surface area contributed by atoms with Crippen molar-refractivity contribution in [3.8, 4) is 11.5 Å². The lowest BCUT2D eigenvalue weighted by molar-refractivity contribution is 0.160. The first kappa shape index (κ1) is 40.2. The number of nitrogens with one attached hydrogen (secondary N) is 2. The fraction of sp³-hybridized carbons (Fsp3) is 0.256. The van der Waals surface area contributed by atoms with Crippen LogP contribution in [0.15, 0.2) is 119 Å². The second kappa shape index (κ2) is 17.7. The van der Waals surface area contributed by atoms with Gasteiger partial charge in [-0.05, 0) is 55.0 Å². The number of fused-ring (bicyclic) bond motifs is 2. The molecule has 0 saturated heterocycles. The Morgan fingerprint density at radius 1 is 0.719 bits per heavy atom. The Morgan fingerprint density at radius 3 is 1.91 bits per heavy atom. The van der Waals surface area contributed by atoms with Crippen LogP contribution < -0.4 is 18.9 Å². The first-order valence-electron chi connectivity index (χ1n) is 17.9. The molecular formula is C39H40FN7O6S4. The van der Waals surface area contributed by atoms with Crippen LogP contribution in [-0.2, 0) is 33.1 Å². The van der Waals surface area contributed by atoms with Crippen molar-refractivity contribution in [2.45, 2.75) is 47.8 Å². The lowest BCUT2D eigenvalue weighted by Gasteiger charge is -2.33. The molecule has 4 aromatic carbocycles. The molecule has 2 aliphatic heterocycles. The molecule has 0 radical (unpaired) electrons. The van der Waals surface area contributed by atoms with Crippen LogP contribution in [0.1, 0.15) is 47.2 Å². The maximum atomic E-state index is 14.8. The van der Waals surface area contributed by atoms with Crippen molar-refractivity contribution in [3.63, 3.8) is 0 Å². The summed E-state index contributed by atoms with van der Waals surface area (Å²) in [6, 6.07) is 29.6. The molecule has 0 aliphatic carbocycles. The largest absolute Gasteiger partial charge is 0.493 e. The average molecular weight is 850 g/mol. The van der Waals surface area contributed by atoms with Crippen molar-refractivity contribution in [2.24, 2.45) is 0 Å². The molecule has 8 rings (SSSR count). The zero-order valence-electron chi connectivity index (χ0n) is 31.0. The van der Waals surface area contributed by atoms with Crippen LogP contribution in [0, 0.1) is 5.82 Å². The summed E-state index contributed by atoms with van der Waals surface area (Å²) in [5.74, 6) is 0.174. The smallest absolute Gasteiger partial charge is 0.266 e. The van der Waals surface area contributed by atoms with E-state index >= 15 is 0 Å². The summed E-state index contributed by atoms with van der Waals surface area (Å²) in [6.45, 7) is 2.48. The zero-order chi connectivity index (χ0) is 40.0. The van der Waals surface area contributed by atoms with Gasteiger partial charge in [-0.3, -0.25) is 19.2 Å². The molecule has 2 atom stereocenters. The van der Waals surface area contributed by atoms with Gasteiger partial charge in [-0.2, -0.15) is 8.75 Å². The number of benzene rings is 4. The Balaban J connectivity index is 0.000000174. The molecule has 2 aromatic heterocycles. The molecule has 298 valence electrons. The number of sulfonamides is 2. The number of halogens is 1. The van der Waals surface area contributed by atoms with Crippen LogP contribution in [0.5, 0.6) is 11.5 Å². The second-order valence-electron chi connectivity index (χ2n) is 13.5. The lowest BCUT2D eigenvalue weighted by atomic mass is 9.98. The Kier molecular flexibility index (Phi) is 12.5. The van der Waals surface area contributed by atoms with Crippen molar-refractivity contribution in [1.82, 2.24) is 23.5 Å². The Morgan fingerprint density at radius 2 is 1.33 bits per heavy atom. The van der Waals surface area contributed by atoms with Crippen LogP contribution in [0.25, 0.3) is 0 Å². The highest BCUT2D eigenvalue weighted by atomic mass is 32.2. The van der Waals surface area contributed by atoms with Gasteiger partial charge in [0, 0.05) is 79.0 Å². The minimum Gasteiger partial charge on any atom is -0.493 e. The Labute approximate surface area is 339 Å². The van der Waals surface area contributed by atoms with Gasteiger partial charge in [0.15, 0.2) is 0 Å². The van der Waals surface area contributed by atoms with Crippen molar-refractivity contribution in [3.05, 3.63) is 138 Å². The molecule has 2 aliphatic rings. The van der Waals surface area contributed by atoms with Gasteiger partial charge in [-0.25, -0.2) is 26.2 Å². The summed E-state index contributed by atoms with van der Waals surface area (Å²) < 4.78 is 89.2. The van der Waals surface area contributed by atoms with E-state index in [0.717, 1.165) is 47.2 Å². The van der Waals surface area contributed by atoms with E-state index in [-0.39, 0.29) is 22.1 Å². The van der Waals surface area contributed by atoms with Crippen LogP contribution in [0.4, 0.5) is 14.5 Å². The van der Waals surface area contributed by atoms with E-state index in [1.807, 2.05) is 61.6 Å². The molecule has 2 N–H and O–H groups in total. The number of hydrogen-bond donors (Lipinski definition) is 2. The number of hydrogen-bond acceptors (Lipinski definition) is 13. The van der Waals surface area contributed by atoms with Crippen molar-refractivity contribution < 1.29 is 30.7 Å². The number of anilines is 2. The average Bonchev–Trinajstić information content (AvgIpc) is 3.92. The molecule has 0 bridgehead atoms. The fourth-order valence-corrected chi connectivity index (χ4v) is 10.4. The molecule has 57 heavy (non-hydrogen) atoms. The Hall–Kier alpha value is -4.98. The first-order valence-corrected chi connectivity index (χ1v) is 22.4. The van der Waals surface area contributed by atoms with Gasteiger partial charge in [-0.15, -0.1) is 0 Å². The summed E-state index contributed by atoms with van der Waals surface area (Å²) in [7, 11) is -3.77. The molecule has 13 nitrogen and oxygen atoms in total. The molecule has 18 heteroatoms. The maximum Gasteiger partial charge on any atom is 0.266 e. The number of rotatable bonds is 12.